The van der Waals surface area contributed by atoms with Gasteiger partial charge in [0.2, 0.25) is 5.91 Å². The summed E-state index contributed by atoms with van der Waals surface area (Å²) in [4.78, 5) is 21.4. The zero-order valence-electron chi connectivity index (χ0n) is 17.2. The minimum absolute atomic E-state index is 0.0305. The van der Waals surface area contributed by atoms with Gasteiger partial charge in [-0.05, 0) is 49.7 Å². The van der Waals surface area contributed by atoms with E-state index in [0.29, 0.717) is 19.4 Å². The Morgan fingerprint density at radius 3 is 2.71 bits per heavy atom. The maximum atomic E-state index is 12.3. The Hall–Kier alpha value is -3.51. The average molecular weight is 430 g/mol. The number of aryl methyl sites for hydroxylation is 1. The molecule has 0 aliphatic carbocycles. The lowest BCUT2D eigenvalue weighted by molar-refractivity contribution is -0.116. The molecule has 31 heavy (non-hydrogen) atoms. The molecule has 156 valence electrons. The van der Waals surface area contributed by atoms with Gasteiger partial charge in [-0.2, -0.15) is 0 Å². The van der Waals surface area contributed by atoms with Crippen LogP contribution in [0.5, 0.6) is 5.75 Å². The van der Waals surface area contributed by atoms with Crippen molar-refractivity contribution >= 4 is 22.9 Å². The Morgan fingerprint density at radius 1 is 1.03 bits per heavy atom. The van der Waals surface area contributed by atoms with Crippen LogP contribution >= 0.6 is 11.3 Å². The molecule has 1 amide bonds. The number of anilines is 1. The van der Waals surface area contributed by atoms with Crippen LogP contribution < -0.4 is 10.1 Å². The van der Waals surface area contributed by atoms with Crippen molar-refractivity contribution in [1.29, 1.82) is 0 Å². The maximum Gasteiger partial charge on any atom is 0.224 e. The fraction of sp³-hybridized carbons (Fsp3) is 0.160. The number of carbonyl (C=O) groups excluding carboxylic acids is 1. The van der Waals surface area contributed by atoms with Crippen LogP contribution in [0.2, 0.25) is 0 Å². The van der Waals surface area contributed by atoms with Crippen LogP contribution in [-0.4, -0.2) is 22.5 Å². The fourth-order valence-electron chi connectivity index (χ4n) is 3.05. The zero-order valence-corrected chi connectivity index (χ0v) is 18.1. The number of benzene rings is 2. The van der Waals surface area contributed by atoms with E-state index in [1.165, 1.54) is 5.56 Å². The number of pyridine rings is 1. The molecule has 0 aliphatic rings. The Morgan fingerprint density at radius 2 is 1.90 bits per heavy atom. The molecule has 4 rings (SSSR count). The van der Waals surface area contributed by atoms with E-state index in [4.69, 9.17) is 9.72 Å². The highest BCUT2D eigenvalue weighted by atomic mass is 32.1. The second kappa shape index (κ2) is 10.00. The first-order chi connectivity index (χ1) is 15.2. The van der Waals surface area contributed by atoms with Crippen LogP contribution in [0.15, 0.2) is 78.3 Å². The maximum absolute atomic E-state index is 12.3. The standard InChI is InChI=1S/C25H23N3O2S/c1-18-10-12-21(13-11-18)30-15-5-9-24(29)27-20-7-4-6-19(16-20)23-17-31-25(28-23)22-8-2-3-14-26-22/h2-4,6-8,10-14,16-17H,5,9,15H2,1H3,(H,27,29). The molecular weight excluding hydrogens is 406 g/mol. The van der Waals surface area contributed by atoms with E-state index < -0.39 is 0 Å². The third-order valence-electron chi connectivity index (χ3n) is 4.67. The van der Waals surface area contributed by atoms with E-state index in [0.717, 1.165) is 33.4 Å². The minimum Gasteiger partial charge on any atom is -0.494 e. The van der Waals surface area contributed by atoms with Gasteiger partial charge >= 0.3 is 0 Å². The van der Waals surface area contributed by atoms with Gasteiger partial charge in [-0.25, -0.2) is 4.98 Å². The van der Waals surface area contributed by atoms with Crippen LogP contribution in [0.25, 0.3) is 22.0 Å². The smallest absolute Gasteiger partial charge is 0.224 e. The summed E-state index contributed by atoms with van der Waals surface area (Å²) in [5, 5.41) is 5.85. The Labute approximate surface area is 185 Å². The molecule has 0 fully saturated rings. The van der Waals surface area contributed by atoms with Crippen LogP contribution in [0.4, 0.5) is 5.69 Å². The van der Waals surface area contributed by atoms with Gasteiger partial charge in [-0.3, -0.25) is 9.78 Å². The quantitative estimate of drug-likeness (QED) is 0.350. The summed E-state index contributed by atoms with van der Waals surface area (Å²) >= 11 is 1.55. The van der Waals surface area contributed by atoms with Gasteiger partial charge in [0.25, 0.3) is 0 Å². The monoisotopic (exact) mass is 429 g/mol. The van der Waals surface area contributed by atoms with E-state index in [1.807, 2.05) is 79.0 Å². The molecule has 2 aromatic carbocycles. The summed E-state index contributed by atoms with van der Waals surface area (Å²) in [6, 6.07) is 21.4. The van der Waals surface area contributed by atoms with Gasteiger partial charge in [-0.15, -0.1) is 11.3 Å². The highest BCUT2D eigenvalue weighted by molar-refractivity contribution is 7.13. The Bertz CT molecular complexity index is 1140. The molecule has 0 radical (unpaired) electrons. The third kappa shape index (κ3) is 5.77. The topological polar surface area (TPSA) is 64.1 Å². The molecule has 1 N–H and O–H groups in total. The van der Waals surface area contributed by atoms with E-state index in [-0.39, 0.29) is 5.91 Å². The number of ether oxygens (including phenoxy) is 1. The molecule has 2 heterocycles. The molecule has 0 atom stereocenters. The van der Waals surface area contributed by atoms with E-state index in [2.05, 4.69) is 10.3 Å². The minimum atomic E-state index is -0.0305. The van der Waals surface area contributed by atoms with Gasteiger partial charge in [0.15, 0.2) is 0 Å². The van der Waals surface area contributed by atoms with Crippen molar-refractivity contribution in [3.8, 4) is 27.7 Å². The summed E-state index contributed by atoms with van der Waals surface area (Å²) in [6.45, 7) is 2.54. The van der Waals surface area contributed by atoms with Crippen molar-refractivity contribution in [3.05, 3.63) is 83.9 Å². The van der Waals surface area contributed by atoms with Gasteiger partial charge in [0, 0.05) is 29.2 Å². The zero-order chi connectivity index (χ0) is 21.5. The first kappa shape index (κ1) is 20.8. The van der Waals surface area contributed by atoms with Crippen molar-refractivity contribution in [2.45, 2.75) is 19.8 Å². The first-order valence-electron chi connectivity index (χ1n) is 10.1. The van der Waals surface area contributed by atoms with E-state index >= 15 is 0 Å². The summed E-state index contributed by atoms with van der Waals surface area (Å²) < 4.78 is 5.69. The van der Waals surface area contributed by atoms with Crippen molar-refractivity contribution in [3.63, 3.8) is 0 Å². The molecule has 0 saturated heterocycles. The molecule has 6 heteroatoms. The Balaban J connectivity index is 1.30. The number of nitrogens with one attached hydrogen (secondary N) is 1. The Kier molecular flexibility index (Phi) is 6.69. The van der Waals surface area contributed by atoms with Crippen LogP contribution in [0, 0.1) is 6.92 Å². The van der Waals surface area contributed by atoms with Crippen LogP contribution in [0.1, 0.15) is 18.4 Å². The van der Waals surface area contributed by atoms with Crippen molar-refractivity contribution in [2.24, 2.45) is 0 Å². The van der Waals surface area contributed by atoms with Gasteiger partial charge in [0.05, 0.1) is 18.0 Å². The van der Waals surface area contributed by atoms with E-state index in [1.54, 1.807) is 17.5 Å². The molecular formula is C25H23N3O2S. The number of thiazole rings is 1. The van der Waals surface area contributed by atoms with Gasteiger partial charge in [-0.1, -0.05) is 35.9 Å². The summed E-state index contributed by atoms with van der Waals surface area (Å²) in [5.41, 5.74) is 4.64. The predicted molar refractivity (Wildman–Crippen MR) is 125 cm³/mol. The second-order valence-electron chi connectivity index (χ2n) is 7.15. The fourth-order valence-corrected chi connectivity index (χ4v) is 3.85. The first-order valence-corrected chi connectivity index (χ1v) is 11.0. The molecule has 2 aromatic heterocycles. The molecule has 0 unspecified atom stereocenters. The van der Waals surface area contributed by atoms with Crippen molar-refractivity contribution in [1.82, 2.24) is 9.97 Å². The number of hydrogen-bond acceptors (Lipinski definition) is 5. The number of amides is 1. The molecule has 0 saturated carbocycles. The number of rotatable bonds is 8. The molecule has 0 bridgehead atoms. The second-order valence-corrected chi connectivity index (χ2v) is 8.01. The molecule has 4 aromatic rings. The molecule has 0 aliphatic heterocycles. The van der Waals surface area contributed by atoms with Crippen molar-refractivity contribution < 1.29 is 9.53 Å². The summed E-state index contributed by atoms with van der Waals surface area (Å²) in [7, 11) is 0. The van der Waals surface area contributed by atoms with Gasteiger partial charge in [0.1, 0.15) is 10.8 Å². The molecule has 5 nitrogen and oxygen atoms in total. The van der Waals surface area contributed by atoms with E-state index in [9.17, 15) is 4.79 Å². The highest BCUT2D eigenvalue weighted by Crippen LogP contribution is 2.29. The lowest BCUT2D eigenvalue weighted by Gasteiger charge is -2.08. The highest BCUT2D eigenvalue weighted by Gasteiger charge is 2.09. The SMILES string of the molecule is Cc1ccc(OCCCC(=O)Nc2cccc(-c3csc(-c4ccccn4)n3)c2)cc1. The number of aromatic nitrogens is 2. The third-order valence-corrected chi connectivity index (χ3v) is 5.53. The lowest BCUT2D eigenvalue weighted by atomic mass is 10.1. The molecule has 0 spiro atoms. The summed E-state index contributed by atoms with van der Waals surface area (Å²) in [6.07, 6.45) is 2.81. The lowest BCUT2D eigenvalue weighted by Crippen LogP contribution is -2.12. The normalized spacial score (nSPS) is 10.6. The van der Waals surface area contributed by atoms with Crippen LogP contribution in [-0.2, 0) is 4.79 Å². The predicted octanol–water partition coefficient (Wildman–Crippen LogP) is 5.98. The van der Waals surface area contributed by atoms with Crippen molar-refractivity contribution in [2.75, 3.05) is 11.9 Å². The summed E-state index contributed by atoms with van der Waals surface area (Å²) in [5.74, 6) is 0.796. The largest absolute Gasteiger partial charge is 0.494 e. The number of hydrogen-bond donors (Lipinski definition) is 1. The number of nitrogens with zero attached hydrogens (tertiary/aromatic N) is 2. The number of carbonyl (C=O) groups is 1. The van der Waals surface area contributed by atoms with Gasteiger partial charge < -0.3 is 10.1 Å². The average Bonchev–Trinajstić information content (AvgIpc) is 3.29. The van der Waals surface area contributed by atoms with Crippen LogP contribution in [0.3, 0.4) is 0 Å².